The maximum Gasteiger partial charge on any atom is 0.0513 e. The molecule has 0 aromatic carbocycles. The van der Waals surface area contributed by atoms with Gasteiger partial charge in [0.25, 0.3) is 0 Å². The van der Waals surface area contributed by atoms with E-state index in [1.807, 2.05) is 0 Å². The first-order chi connectivity index (χ1) is 6.12. The SMILES string of the molecule is CCCCOP([O-])(=S)SCCCC.[Mo]. The molecule has 86 valence electrons. The summed E-state index contributed by atoms with van der Waals surface area (Å²) in [4.78, 5) is 11.5. The molecule has 0 radical (unpaired) electrons. The van der Waals surface area contributed by atoms with Gasteiger partial charge < -0.3 is 9.42 Å². The van der Waals surface area contributed by atoms with Crippen LogP contribution in [0.2, 0.25) is 0 Å². The fourth-order valence-corrected chi connectivity index (χ4v) is 4.15. The normalized spacial score (nSPS) is 14.5. The van der Waals surface area contributed by atoms with Gasteiger partial charge in [-0.1, -0.05) is 38.5 Å². The van der Waals surface area contributed by atoms with Crippen LogP contribution in [-0.2, 0) is 37.4 Å². The molecule has 0 saturated carbocycles. The van der Waals surface area contributed by atoms with Crippen LogP contribution in [0, 0.1) is 0 Å². The monoisotopic (exact) mass is 339 g/mol. The van der Waals surface area contributed by atoms with Crippen molar-refractivity contribution in [2.24, 2.45) is 0 Å². The van der Waals surface area contributed by atoms with Crippen LogP contribution in [0.3, 0.4) is 0 Å². The van der Waals surface area contributed by atoms with Crippen molar-refractivity contribution in [3.8, 4) is 0 Å². The molecule has 0 fully saturated rings. The number of unbranched alkanes of at least 4 members (excludes halogenated alkanes) is 2. The van der Waals surface area contributed by atoms with E-state index in [1.165, 1.54) is 11.4 Å². The molecule has 0 aliphatic carbocycles. The minimum atomic E-state index is -2.75. The van der Waals surface area contributed by atoms with Crippen LogP contribution in [0.5, 0.6) is 0 Å². The zero-order valence-electron chi connectivity index (χ0n) is 8.73. The third-order valence-electron chi connectivity index (χ3n) is 1.49. The first-order valence-corrected chi connectivity index (χ1v) is 8.95. The van der Waals surface area contributed by atoms with Crippen molar-refractivity contribution in [1.82, 2.24) is 0 Å². The van der Waals surface area contributed by atoms with Crippen LogP contribution in [0.1, 0.15) is 39.5 Å². The Kier molecular flexibility index (Phi) is 14.3. The van der Waals surface area contributed by atoms with E-state index in [-0.39, 0.29) is 21.1 Å². The van der Waals surface area contributed by atoms with Gasteiger partial charge in [0.15, 0.2) is 0 Å². The molecule has 0 aliphatic rings. The molecule has 2 nitrogen and oxygen atoms in total. The second kappa shape index (κ2) is 11.1. The van der Waals surface area contributed by atoms with Gasteiger partial charge in [-0.15, -0.1) is 11.4 Å². The van der Waals surface area contributed by atoms with Crippen LogP contribution >= 0.6 is 17.1 Å². The molecule has 1 unspecified atom stereocenters. The Morgan fingerprint density at radius 1 is 1.29 bits per heavy atom. The van der Waals surface area contributed by atoms with Gasteiger partial charge in [0.05, 0.1) is 6.61 Å². The van der Waals surface area contributed by atoms with E-state index >= 15 is 0 Å². The van der Waals surface area contributed by atoms with Gasteiger partial charge in [0.2, 0.25) is 0 Å². The summed E-state index contributed by atoms with van der Waals surface area (Å²) < 4.78 is 5.15. The average Bonchev–Trinajstić information content (AvgIpc) is 2.05. The Bertz CT molecular complexity index is 155. The molecule has 0 saturated heterocycles. The Hall–Kier alpha value is 1.61. The molecule has 0 rings (SSSR count). The summed E-state index contributed by atoms with van der Waals surface area (Å²) >= 11 is 6.17. The van der Waals surface area contributed by atoms with Crippen LogP contribution in [-0.4, -0.2) is 12.4 Å². The van der Waals surface area contributed by atoms with Crippen LogP contribution in [0.15, 0.2) is 0 Å². The second-order valence-corrected chi connectivity index (χ2v) is 8.99. The van der Waals surface area contributed by atoms with E-state index in [9.17, 15) is 4.89 Å². The van der Waals surface area contributed by atoms with Crippen LogP contribution < -0.4 is 4.89 Å². The first kappa shape index (κ1) is 18.0. The molecular weight excluding hydrogens is 319 g/mol. The van der Waals surface area contributed by atoms with Gasteiger partial charge in [-0.2, -0.15) is 0 Å². The maximum atomic E-state index is 11.5. The van der Waals surface area contributed by atoms with Crippen molar-refractivity contribution in [3.63, 3.8) is 0 Å². The number of hydrogen-bond donors (Lipinski definition) is 0. The molecule has 0 amide bonds. The maximum absolute atomic E-state index is 11.5. The van der Waals surface area contributed by atoms with E-state index < -0.39 is 5.69 Å². The average molecular weight is 337 g/mol. The molecule has 1 atom stereocenters. The van der Waals surface area contributed by atoms with Crippen LogP contribution in [0.25, 0.3) is 0 Å². The topological polar surface area (TPSA) is 32.3 Å². The third-order valence-corrected chi connectivity index (χ3v) is 5.86. The smallest absolute Gasteiger partial charge is 0.0513 e. The van der Waals surface area contributed by atoms with Gasteiger partial charge >= 0.3 is 0 Å². The summed E-state index contributed by atoms with van der Waals surface area (Å²) in [6, 6.07) is 0. The van der Waals surface area contributed by atoms with E-state index in [1.54, 1.807) is 0 Å². The third kappa shape index (κ3) is 11.7. The summed E-state index contributed by atoms with van der Waals surface area (Å²) in [6.45, 7) is 4.71. The van der Waals surface area contributed by atoms with E-state index in [0.29, 0.717) is 6.61 Å². The van der Waals surface area contributed by atoms with Crippen molar-refractivity contribution in [2.75, 3.05) is 12.4 Å². The number of rotatable bonds is 8. The molecule has 0 bridgehead atoms. The summed E-state index contributed by atoms with van der Waals surface area (Å²) in [5.41, 5.74) is -2.75. The summed E-state index contributed by atoms with van der Waals surface area (Å²) in [5.74, 6) is 0.851. The van der Waals surface area contributed by atoms with Gasteiger partial charge in [-0.25, -0.2) is 0 Å². The quantitative estimate of drug-likeness (QED) is 0.387. The fraction of sp³-hybridized carbons (Fsp3) is 1.00. The molecule has 0 spiro atoms. The second-order valence-electron chi connectivity index (χ2n) is 2.82. The molecule has 0 aliphatic heterocycles. The van der Waals surface area contributed by atoms with Crippen molar-refractivity contribution in [2.45, 2.75) is 39.5 Å². The van der Waals surface area contributed by atoms with E-state index in [4.69, 9.17) is 16.3 Å². The Morgan fingerprint density at radius 2 is 1.86 bits per heavy atom. The Morgan fingerprint density at radius 3 is 2.36 bits per heavy atom. The van der Waals surface area contributed by atoms with Gasteiger partial charge in [-0.3, -0.25) is 0 Å². The van der Waals surface area contributed by atoms with Crippen LogP contribution in [0.4, 0.5) is 0 Å². The molecule has 0 aromatic rings. The summed E-state index contributed by atoms with van der Waals surface area (Å²) in [5, 5.41) is 0. The molecule has 14 heavy (non-hydrogen) atoms. The van der Waals surface area contributed by atoms with Crippen molar-refractivity contribution in [3.05, 3.63) is 0 Å². The van der Waals surface area contributed by atoms with Gasteiger partial charge in [0, 0.05) is 26.8 Å². The van der Waals surface area contributed by atoms with E-state index in [2.05, 4.69) is 13.8 Å². The molecule has 0 aromatic heterocycles. The predicted molar refractivity (Wildman–Crippen MR) is 62.5 cm³/mol. The minimum absolute atomic E-state index is 0. The molecule has 0 N–H and O–H groups in total. The molecule has 6 heteroatoms. The molecular formula is C8H18MoO2PS2-. The first-order valence-electron chi connectivity index (χ1n) is 4.72. The Labute approximate surface area is 111 Å². The zero-order chi connectivity index (χ0) is 10.2. The summed E-state index contributed by atoms with van der Waals surface area (Å²) in [6.07, 6.45) is 4.16. The zero-order valence-corrected chi connectivity index (χ0v) is 13.3. The number of hydrogen-bond acceptors (Lipinski definition) is 4. The minimum Gasteiger partial charge on any atom is -0.793 e. The molecule has 0 heterocycles. The standard InChI is InChI=1S/C8H19O2PS2.Mo/c1-3-5-7-10-11(9,12)13-8-6-4-2;/h3-8H2,1-2H3,(H,9,12);/p-1. The van der Waals surface area contributed by atoms with Gasteiger partial charge in [-0.05, 0) is 18.6 Å². The predicted octanol–water partition coefficient (Wildman–Crippen LogP) is 2.92. The largest absolute Gasteiger partial charge is 0.793 e. The van der Waals surface area contributed by atoms with Crippen molar-refractivity contribution >= 4 is 28.9 Å². The fourth-order valence-electron chi connectivity index (χ4n) is 0.679. The van der Waals surface area contributed by atoms with Crippen molar-refractivity contribution < 1.29 is 30.5 Å². The van der Waals surface area contributed by atoms with E-state index in [0.717, 1.165) is 31.4 Å². The Balaban J connectivity index is 0. The summed E-state index contributed by atoms with van der Waals surface area (Å²) in [7, 11) is 0. The van der Waals surface area contributed by atoms with Gasteiger partial charge in [0.1, 0.15) is 0 Å². The van der Waals surface area contributed by atoms with Crippen molar-refractivity contribution in [1.29, 1.82) is 0 Å².